The fourth-order valence-corrected chi connectivity index (χ4v) is 3.46. The third kappa shape index (κ3) is 2.55. The van der Waals surface area contributed by atoms with E-state index in [1.807, 2.05) is 21.6 Å². The fraction of sp³-hybridized carbons (Fsp3) is 0.556. The molecule has 0 spiro atoms. The highest BCUT2D eigenvalue weighted by molar-refractivity contribution is 8.76. The van der Waals surface area contributed by atoms with Crippen molar-refractivity contribution in [1.82, 2.24) is 9.97 Å². The molecule has 0 amide bonds. The summed E-state index contributed by atoms with van der Waals surface area (Å²) in [5.41, 5.74) is 0.550. The molecule has 82 valence electrons. The summed E-state index contributed by atoms with van der Waals surface area (Å²) in [7, 11) is 3.72. The van der Waals surface area contributed by atoms with E-state index in [1.165, 1.54) is 6.33 Å². The lowest BCUT2D eigenvalue weighted by atomic mass is 10.3. The van der Waals surface area contributed by atoms with Gasteiger partial charge in [0.2, 0.25) is 5.95 Å². The maximum absolute atomic E-state index is 13.2. The van der Waals surface area contributed by atoms with E-state index in [4.69, 9.17) is 0 Å². The van der Waals surface area contributed by atoms with Crippen molar-refractivity contribution in [2.75, 3.05) is 29.5 Å². The first-order chi connectivity index (χ1) is 7.29. The molecule has 0 N–H and O–H groups in total. The fourth-order valence-electron chi connectivity index (χ4n) is 1.48. The predicted molar refractivity (Wildman–Crippen MR) is 63.9 cm³/mol. The van der Waals surface area contributed by atoms with Crippen molar-refractivity contribution in [3.8, 4) is 0 Å². The largest absolute Gasteiger partial charge is 0.354 e. The molecule has 0 radical (unpaired) electrons. The molecule has 0 aliphatic carbocycles. The first-order valence-electron chi connectivity index (χ1n) is 4.75. The Morgan fingerprint density at radius 3 is 2.60 bits per heavy atom. The number of anilines is 1. The van der Waals surface area contributed by atoms with E-state index in [1.54, 1.807) is 6.92 Å². The highest BCUT2D eigenvalue weighted by atomic mass is 33.1. The summed E-state index contributed by atoms with van der Waals surface area (Å²) in [5, 5.41) is 0. The third-order valence-corrected chi connectivity index (χ3v) is 4.63. The molecule has 1 aliphatic heterocycles. The summed E-state index contributed by atoms with van der Waals surface area (Å²) in [6, 6.07) is 0. The van der Waals surface area contributed by atoms with E-state index in [9.17, 15) is 4.39 Å². The van der Waals surface area contributed by atoms with Crippen LogP contribution in [-0.2, 0) is 0 Å². The molecule has 1 saturated heterocycles. The van der Waals surface area contributed by atoms with Gasteiger partial charge in [-0.2, -0.15) is 4.39 Å². The van der Waals surface area contributed by atoms with Crippen LogP contribution in [0.5, 0.6) is 0 Å². The molecule has 2 heterocycles. The predicted octanol–water partition coefficient (Wildman–Crippen LogP) is 2.13. The summed E-state index contributed by atoms with van der Waals surface area (Å²) in [4.78, 5) is 9.84. The first kappa shape index (κ1) is 11.0. The topological polar surface area (TPSA) is 29.0 Å². The summed E-state index contributed by atoms with van der Waals surface area (Å²) < 4.78 is 13.2. The number of hydrogen-bond acceptors (Lipinski definition) is 5. The van der Waals surface area contributed by atoms with Crippen LogP contribution in [-0.4, -0.2) is 34.6 Å². The van der Waals surface area contributed by atoms with Crippen molar-refractivity contribution in [2.45, 2.75) is 6.92 Å². The molecule has 6 heteroatoms. The maximum atomic E-state index is 13.2. The second kappa shape index (κ2) is 5.03. The Balaban J connectivity index is 2.23. The average molecular weight is 245 g/mol. The molecule has 1 aromatic rings. The Morgan fingerprint density at radius 2 is 1.93 bits per heavy atom. The van der Waals surface area contributed by atoms with Gasteiger partial charge in [-0.25, -0.2) is 9.97 Å². The van der Waals surface area contributed by atoms with Crippen molar-refractivity contribution in [1.29, 1.82) is 0 Å². The standard InChI is InChI=1S/C9H12FN3S2/c1-7-8(10)11-6-12-9(7)13-2-4-14-15-5-3-13/h6H,2-5H2,1H3. The van der Waals surface area contributed by atoms with E-state index < -0.39 is 5.95 Å². The minimum atomic E-state index is -0.412. The molecule has 0 bridgehead atoms. The van der Waals surface area contributed by atoms with Gasteiger partial charge < -0.3 is 4.90 Å². The minimum Gasteiger partial charge on any atom is -0.354 e. The van der Waals surface area contributed by atoms with Gasteiger partial charge in [0.05, 0.1) is 0 Å². The number of hydrogen-bond donors (Lipinski definition) is 0. The van der Waals surface area contributed by atoms with Crippen molar-refractivity contribution in [3.05, 3.63) is 17.8 Å². The number of nitrogens with zero attached hydrogens (tertiary/aromatic N) is 3. The smallest absolute Gasteiger partial charge is 0.220 e. The zero-order chi connectivity index (χ0) is 10.7. The monoisotopic (exact) mass is 245 g/mol. The quantitative estimate of drug-likeness (QED) is 0.558. The van der Waals surface area contributed by atoms with Crippen molar-refractivity contribution in [2.24, 2.45) is 0 Å². The molecule has 0 aromatic carbocycles. The molecule has 15 heavy (non-hydrogen) atoms. The zero-order valence-corrected chi connectivity index (χ0v) is 10.1. The minimum absolute atomic E-state index is 0.412. The van der Waals surface area contributed by atoms with Crippen LogP contribution >= 0.6 is 21.6 Å². The normalized spacial score (nSPS) is 17.6. The van der Waals surface area contributed by atoms with Crippen molar-refractivity contribution >= 4 is 27.4 Å². The number of halogens is 1. The van der Waals surface area contributed by atoms with Gasteiger partial charge in [-0.05, 0) is 6.92 Å². The van der Waals surface area contributed by atoms with Crippen LogP contribution in [0.4, 0.5) is 10.2 Å². The Hall–Kier alpha value is -0.490. The van der Waals surface area contributed by atoms with E-state index in [0.717, 1.165) is 30.4 Å². The average Bonchev–Trinajstić information content (AvgIpc) is 2.50. The van der Waals surface area contributed by atoms with Crippen LogP contribution in [0, 0.1) is 12.9 Å². The van der Waals surface area contributed by atoms with Gasteiger partial charge in [-0.1, -0.05) is 21.6 Å². The van der Waals surface area contributed by atoms with Crippen LogP contribution < -0.4 is 4.90 Å². The Bertz CT molecular complexity index is 340. The summed E-state index contributed by atoms with van der Waals surface area (Å²) >= 11 is 0. The van der Waals surface area contributed by atoms with Gasteiger partial charge in [-0.15, -0.1) is 0 Å². The van der Waals surface area contributed by atoms with Crippen LogP contribution in [0.15, 0.2) is 6.33 Å². The Labute approximate surface area is 96.3 Å². The van der Waals surface area contributed by atoms with Crippen molar-refractivity contribution in [3.63, 3.8) is 0 Å². The first-order valence-corrected chi connectivity index (χ1v) is 7.24. The molecule has 3 nitrogen and oxygen atoms in total. The van der Waals surface area contributed by atoms with Gasteiger partial charge in [0.15, 0.2) is 0 Å². The number of rotatable bonds is 1. The lowest BCUT2D eigenvalue weighted by Crippen LogP contribution is -2.28. The maximum Gasteiger partial charge on any atom is 0.220 e. The molecule has 1 fully saturated rings. The van der Waals surface area contributed by atoms with E-state index in [0.29, 0.717) is 5.56 Å². The molecule has 0 saturated carbocycles. The van der Waals surface area contributed by atoms with Crippen LogP contribution in [0.3, 0.4) is 0 Å². The van der Waals surface area contributed by atoms with Gasteiger partial charge in [0.25, 0.3) is 0 Å². The SMILES string of the molecule is Cc1c(F)ncnc1N1CCSSCC1. The third-order valence-electron chi connectivity index (χ3n) is 2.27. The van der Waals surface area contributed by atoms with Gasteiger partial charge >= 0.3 is 0 Å². The summed E-state index contributed by atoms with van der Waals surface area (Å²) in [6.07, 6.45) is 1.29. The van der Waals surface area contributed by atoms with Gasteiger partial charge in [0.1, 0.15) is 12.1 Å². The Morgan fingerprint density at radius 1 is 1.27 bits per heavy atom. The molecular formula is C9H12FN3S2. The lowest BCUT2D eigenvalue weighted by molar-refractivity contribution is 0.568. The van der Waals surface area contributed by atoms with E-state index in [2.05, 4.69) is 14.9 Å². The second-order valence-electron chi connectivity index (χ2n) is 3.24. The van der Waals surface area contributed by atoms with Crippen LogP contribution in [0.1, 0.15) is 5.56 Å². The highest BCUT2D eigenvalue weighted by Crippen LogP contribution is 2.27. The van der Waals surface area contributed by atoms with Crippen LogP contribution in [0.25, 0.3) is 0 Å². The van der Waals surface area contributed by atoms with Crippen molar-refractivity contribution < 1.29 is 4.39 Å². The van der Waals surface area contributed by atoms with E-state index >= 15 is 0 Å². The van der Waals surface area contributed by atoms with Gasteiger partial charge in [-0.3, -0.25) is 0 Å². The second-order valence-corrected chi connectivity index (χ2v) is 5.95. The molecular weight excluding hydrogens is 233 g/mol. The summed E-state index contributed by atoms with van der Waals surface area (Å²) in [5.74, 6) is 2.43. The van der Waals surface area contributed by atoms with E-state index in [-0.39, 0.29) is 0 Å². The summed E-state index contributed by atoms with van der Waals surface area (Å²) in [6.45, 7) is 3.58. The number of aromatic nitrogens is 2. The molecule has 2 rings (SSSR count). The Kier molecular flexibility index (Phi) is 3.69. The lowest BCUT2D eigenvalue weighted by Gasteiger charge is -2.22. The molecule has 0 atom stereocenters. The molecule has 0 unspecified atom stereocenters. The van der Waals surface area contributed by atoms with Gasteiger partial charge in [0, 0.05) is 30.2 Å². The molecule has 1 aliphatic rings. The highest BCUT2D eigenvalue weighted by Gasteiger charge is 2.15. The van der Waals surface area contributed by atoms with Crippen LogP contribution in [0.2, 0.25) is 0 Å². The zero-order valence-electron chi connectivity index (χ0n) is 8.44. The molecule has 1 aromatic heterocycles.